The van der Waals surface area contributed by atoms with Crippen LogP contribution >= 0.6 is 11.6 Å². The Morgan fingerprint density at radius 2 is 1.69 bits per heavy atom. The monoisotopic (exact) mass is 368 g/mol. The minimum atomic E-state index is -0.211. The summed E-state index contributed by atoms with van der Waals surface area (Å²) >= 11 is 6.11. The first-order valence-electron chi connectivity index (χ1n) is 9.14. The van der Waals surface area contributed by atoms with Gasteiger partial charge in [-0.3, -0.25) is 9.59 Å². The molecule has 26 heavy (non-hydrogen) atoms. The second-order valence-corrected chi connectivity index (χ2v) is 7.42. The molecule has 134 valence electrons. The van der Waals surface area contributed by atoms with Crippen molar-refractivity contribution in [2.45, 2.75) is 32.1 Å². The van der Waals surface area contributed by atoms with Gasteiger partial charge in [0.05, 0.1) is 11.3 Å². The van der Waals surface area contributed by atoms with Crippen molar-refractivity contribution in [1.29, 1.82) is 0 Å². The van der Waals surface area contributed by atoms with Gasteiger partial charge in [0.15, 0.2) is 0 Å². The highest BCUT2D eigenvalue weighted by atomic mass is 35.5. The molecule has 0 aromatic heterocycles. The van der Waals surface area contributed by atoms with E-state index in [2.05, 4.69) is 5.32 Å². The Hall–Kier alpha value is -2.33. The molecule has 1 heterocycles. The average Bonchev–Trinajstić information content (AvgIpc) is 3.32. The number of halogens is 1. The molecule has 1 saturated heterocycles. The number of anilines is 1. The largest absolute Gasteiger partial charge is 0.339 e. The van der Waals surface area contributed by atoms with Gasteiger partial charge >= 0.3 is 0 Å². The van der Waals surface area contributed by atoms with Crippen molar-refractivity contribution in [3.8, 4) is 0 Å². The maximum Gasteiger partial charge on any atom is 0.255 e. The number of amides is 2. The predicted octanol–water partition coefficient (Wildman–Crippen LogP) is 4.32. The summed E-state index contributed by atoms with van der Waals surface area (Å²) in [6, 6.07) is 10.9. The Balaban J connectivity index is 1.60. The van der Waals surface area contributed by atoms with E-state index < -0.39 is 0 Å². The number of aryl methyl sites for hydroxylation is 2. The SMILES string of the molecule is O=C(Nc1cc(Cl)ccc1C(=O)N1CCCC1)c1ccc2c(c1)CCC2. The third kappa shape index (κ3) is 3.34. The number of nitrogens with one attached hydrogen (secondary N) is 1. The van der Waals surface area contributed by atoms with E-state index in [1.54, 1.807) is 18.2 Å². The van der Waals surface area contributed by atoms with Gasteiger partial charge in [0.2, 0.25) is 0 Å². The zero-order valence-corrected chi connectivity index (χ0v) is 15.3. The topological polar surface area (TPSA) is 49.4 Å². The van der Waals surface area contributed by atoms with E-state index in [0.29, 0.717) is 21.8 Å². The van der Waals surface area contributed by atoms with Gasteiger partial charge in [-0.2, -0.15) is 0 Å². The minimum absolute atomic E-state index is 0.0524. The van der Waals surface area contributed by atoms with Gasteiger partial charge in [0, 0.05) is 23.7 Å². The molecule has 5 heteroatoms. The number of likely N-dealkylation sites (tertiary alicyclic amines) is 1. The smallest absolute Gasteiger partial charge is 0.255 e. The highest BCUT2D eigenvalue weighted by Gasteiger charge is 2.23. The molecule has 0 saturated carbocycles. The highest BCUT2D eigenvalue weighted by Crippen LogP contribution is 2.26. The van der Waals surface area contributed by atoms with Crippen molar-refractivity contribution in [3.05, 3.63) is 63.7 Å². The van der Waals surface area contributed by atoms with E-state index >= 15 is 0 Å². The van der Waals surface area contributed by atoms with Crippen molar-refractivity contribution in [2.24, 2.45) is 0 Å². The molecule has 2 aromatic rings. The van der Waals surface area contributed by atoms with E-state index in [1.807, 2.05) is 23.1 Å². The molecule has 1 aliphatic heterocycles. The number of nitrogens with zero attached hydrogens (tertiary/aromatic N) is 1. The Bertz CT molecular complexity index is 872. The van der Waals surface area contributed by atoms with Crippen molar-refractivity contribution < 1.29 is 9.59 Å². The molecule has 0 spiro atoms. The van der Waals surface area contributed by atoms with E-state index in [1.165, 1.54) is 11.1 Å². The summed E-state index contributed by atoms with van der Waals surface area (Å²) in [4.78, 5) is 27.4. The first kappa shape index (κ1) is 17.1. The van der Waals surface area contributed by atoms with Crippen LogP contribution < -0.4 is 5.32 Å². The molecule has 4 nitrogen and oxygen atoms in total. The average molecular weight is 369 g/mol. The maximum absolute atomic E-state index is 12.8. The molecule has 2 aliphatic rings. The van der Waals surface area contributed by atoms with E-state index in [9.17, 15) is 9.59 Å². The van der Waals surface area contributed by atoms with Gasteiger partial charge < -0.3 is 10.2 Å². The molecule has 0 radical (unpaired) electrons. The number of carbonyl (C=O) groups is 2. The van der Waals surface area contributed by atoms with Crippen LogP contribution in [0.4, 0.5) is 5.69 Å². The molecule has 0 unspecified atom stereocenters. The van der Waals surface area contributed by atoms with Gasteiger partial charge in [-0.1, -0.05) is 17.7 Å². The van der Waals surface area contributed by atoms with Gasteiger partial charge in [-0.15, -0.1) is 0 Å². The summed E-state index contributed by atoms with van der Waals surface area (Å²) in [7, 11) is 0. The number of carbonyl (C=O) groups excluding carboxylic acids is 2. The predicted molar refractivity (Wildman–Crippen MR) is 103 cm³/mol. The van der Waals surface area contributed by atoms with Crippen LogP contribution in [0.5, 0.6) is 0 Å². The van der Waals surface area contributed by atoms with Crippen LogP contribution in [0.25, 0.3) is 0 Å². The third-order valence-electron chi connectivity index (χ3n) is 5.21. The Kier molecular flexibility index (Phi) is 4.68. The molecule has 2 aromatic carbocycles. The maximum atomic E-state index is 12.8. The fourth-order valence-electron chi connectivity index (χ4n) is 3.80. The van der Waals surface area contributed by atoms with Gasteiger partial charge in [-0.05, 0) is 73.6 Å². The second-order valence-electron chi connectivity index (χ2n) is 6.98. The van der Waals surface area contributed by atoms with Gasteiger partial charge in [0.1, 0.15) is 0 Å². The molecule has 1 aliphatic carbocycles. The van der Waals surface area contributed by atoms with Crippen LogP contribution in [-0.2, 0) is 12.8 Å². The molecule has 1 fully saturated rings. The lowest BCUT2D eigenvalue weighted by molar-refractivity contribution is 0.0794. The highest BCUT2D eigenvalue weighted by molar-refractivity contribution is 6.31. The van der Waals surface area contributed by atoms with Crippen LogP contribution in [0.15, 0.2) is 36.4 Å². The summed E-state index contributed by atoms with van der Waals surface area (Å²) in [5.74, 6) is -0.263. The summed E-state index contributed by atoms with van der Waals surface area (Å²) in [6.07, 6.45) is 5.29. The molecule has 1 N–H and O–H groups in total. The van der Waals surface area contributed by atoms with Crippen molar-refractivity contribution in [3.63, 3.8) is 0 Å². The van der Waals surface area contributed by atoms with Crippen LogP contribution in [0, 0.1) is 0 Å². The van der Waals surface area contributed by atoms with Gasteiger partial charge in [-0.25, -0.2) is 0 Å². The van der Waals surface area contributed by atoms with E-state index in [0.717, 1.165) is 45.2 Å². The molecular weight excluding hydrogens is 348 g/mol. The summed E-state index contributed by atoms with van der Waals surface area (Å²) in [5, 5.41) is 3.39. The first-order valence-corrected chi connectivity index (χ1v) is 9.51. The fourth-order valence-corrected chi connectivity index (χ4v) is 3.98. The lowest BCUT2D eigenvalue weighted by Gasteiger charge is -2.18. The zero-order valence-electron chi connectivity index (χ0n) is 14.6. The molecular formula is C21H21ClN2O2. The standard InChI is InChI=1S/C21H21ClN2O2/c22-17-8-9-18(21(26)24-10-1-2-11-24)19(13-17)23-20(25)16-7-6-14-4-3-5-15(14)12-16/h6-9,12-13H,1-5,10-11H2,(H,23,25). The van der Waals surface area contributed by atoms with Gasteiger partial charge in [0.25, 0.3) is 11.8 Å². The van der Waals surface area contributed by atoms with Crippen LogP contribution in [0.2, 0.25) is 5.02 Å². The van der Waals surface area contributed by atoms with Crippen LogP contribution in [0.3, 0.4) is 0 Å². The number of benzene rings is 2. The van der Waals surface area contributed by atoms with Crippen molar-refractivity contribution in [1.82, 2.24) is 4.90 Å². The summed E-state index contributed by atoms with van der Waals surface area (Å²) < 4.78 is 0. The quantitative estimate of drug-likeness (QED) is 0.877. The fraction of sp³-hybridized carbons (Fsp3) is 0.333. The van der Waals surface area contributed by atoms with Crippen LogP contribution in [-0.4, -0.2) is 29.8 Å². The lowest BCUT2D eigenvalue weighted by Crippen LogP contribution is -2.28. The first-order chi connectivity index (χ1) is 12.6. The van der Waals surface area contributed by atoms with Crippen molar-refractivity contribution >= 4 is 29.1 Å². The van der Waals surface area contributed by atoms with E-state index in [-0.39, 0.29) is 11.8 Å². The number of rotatable bonds is 3. The van der Waals surface area contributed by atoms with Crippen molar-refractivity contribution in [2.75, 3.05) is 18.4 Å². The Morgan fingerprint density at radius 1 is 0.923 bits per heavy atom. The number of hydrogen-bond donors (Lipinski definition) is 1. The molecule has 0 atom stereocenters. The summed E-state index contributed by atoms with van der Waals surface area (Å²) in [5.41, 5.74) is 4.15. The Morgan fingerprint density at radius 3 is 2.50 bits per heavy atom. The van der Waals surface area contributed by atoms with E-state index in [4.69, 9.17) is 11.6 Å². The Labute approximate surface area is 158 Å². The zero-order chi connectivity index (χ0) is 18.1. The normalized spacial score (nSPS) is 15.8. The molecule has 0 bridgehead atoms. The summed E-state index contributed by atoms with van der Waals surface area (Å²) in [6.45, 7) is 1.53. The third-order valence-corrected chi connectivity index (χ3v) is 5.45. The molecule has 2 amide bonds. The lowest BCUT2D eigenvalue weighted by atomic mass is 10.1. The second kappa shape index (κ2) is 7.12. The van der Waals surface area contributed by atoms with Crippen LogP contribution in [0.1, 0.15) is 51.1 Å². The molecule has 4 rings (SSSR count). The number of fused-ring (bicyclic) bond motifs is 1. The number of hydrogen-bond acceptors (Lipinski definition) is 2. The minimum Gasteiger partial charge on any atom is -0.339 e.